The van der Waals surface area contributed by atoms with Crippen molar-refractivity contribution in [2.24, 2.45) is 5.10 Å². The fourth-order valence-corrected chi connectivity index (χ4v) is 3.74. The van der Waals surface area contributed by atoms with Gasteiger partial charge in [0.15, 0.2) is 0 Å². The highest BCUT2D eigenvalue weighted by atomic mass is 79.9. The van der Waals surface area contributed by atoms with Crippen molar-refractivity contribution in [3.05, 3.63) is 104 Å². The first-order valence-electron chi connectivity index (χ1n) is 10.4. The van der Waals surface area contributed by atoms with Crippen molar-refractivity contribution in [3.63, 3.8) is 0 Å². The fourth-order valence-electron chi connectivity index (χ4n) is 3.38. The first kappa shape index (κ1) is 22.4. The van der Waals surface area contributed by atoms with Gasteiger partial charge in [-0.1, -0.05) is 60.1 Å². The molecular weight excluding hydrogens is 480 g/mol. The van der Waals surface area contributed by atoms with Gasteiger partial charge in [0, 0.05) is 16.0 Å². The lowest BCUT2D eigenvalue weighted by atomic mass is 10.1. The Hall–Kier alpha value is -3.76. The number of halogens is 1. The smallest absolute Gasteiger partial charge is 0.282 e. The highest BCUT2D eigenvalue weighted by Crippen LogP contribution is 2.19. The van der Waals surface area contributed by atoms with E-state index < -0.39 is 0 Å². The van der Waals surface area contributed by atoms with E-state index >= 15 is 0 Å². The summed E-state index contributed by atoms with van der Waals surface area (Å²) in [6.45, 7) is 4.24. The molecule has 0 bridgehead atoms. The van der Waals surface area contributed by atoms with Crippen LogP contribution in [-0.2, 0) is 6.61 Å². The van der Waals surface area contributed by atoms with Gasteiger partial charge in [0.1, 0.15) is 18.2 Å². The molecule has 0 aliphatic heterocycles. The van der Waals surface area contributed by atoms with E-state index in [1.54, 1.807) is 18.3 Å². The number of fused-ring (bicyclic) bond motifs is 1. The molecule has 0 radical (unpaired) electrons. The van der Waals surface area contributed by atoms with Gasteiger partial charge in [0.2, 0.25) is 0 Å². The molecule has 1 heterocycles. The molecule has 0 amide bonds. The van der Waals surface area contributed by atoms with E-state index in [0.717, 1.165) is 15.6 Å². The lowest BCUT2D eigenvalue weighted by Crippen LogP contribution is -2.23. The van der Waals surface area contributed by atoms with E-state index in [9.17, 15) is 10.1 Å². The van der Waals surface area contributed by atoms with Crippen LogP contribution in [-0.4, -0.2) is 15.9 Å². The number of nitrogens with zero attached hydrogens (tertiary/aromatic N) is 4. The van der Waals surface area contributed by atoms with E-state index in [0.29, 0.717) is 28.0 Å². The van der Waals surface area contributed by atoms with Crippen LogP contribution in [0.25, 0.3) is 10.9 Å². The monoisotopic (exact) mass is 500 g/mol. The van der Waals surface area contributed by atoms with Gasteiger partial charge in [-0.15, -0.1) is 0 Å². The topological polar surface area (TPSA) is 80.3 Å². The zero-order chi connectivity index (χ0) is 23.4. The van der Waals surface area contributed by atoms with Crippen LogP contribution in [0, 0.1) is 11.3 Å². The van der Waals surface area contributed by atoms with Crippen molar-refractivity contribution in [1.82, 2.24) is 9.66 Å². The summed E-state index contributed by atoms with van der Waals surface area (Å²) in [4.78, 5) is 17.8. The van der Waals surface area contributed by atoms with Crippen LogP contribution < -0.4 is 10.3 Å². The summed E-state index contributed by atoms with van der Waals surface area (Å²) in [6, 6.07) is 22.4. The summed E-state index contributed by atoms with van der Waals surface area (Å²) in [6.07, 6.45) is 1.62. The average Bonchev–Trinajstić information content (AvgIpc) is 2.82. The maximum atomic E-state index is 13.2. The number of hydrogen-bond acceptors (Lipinski definition) is 5. The Bertz CT molecular complexity index is 1450. The standard InChI is InChI=1S/C26H21BrN4O2/c1-17(2)25-30-24-11-10-21(27)13-23(24)26(32)31(25)29-15-18-6-5-9-22(12-18)33-16-20-8-4-3-7-19(20)14-28/h3-13,15,17H,16H2,1-2H3. The van der Waals surface area contributed by atoms with E-state index in [-0.39, 0.29) is 18.1 Å². The molecule has 0 spiro atoms. The lowest BCUT2D eigenvalue weighted by molar-refractivity contribution is 0.306. The molecule has 7 heteroatoms. The van der Waals surface area contributed by atoms with E-state index in [4.69, 9.17) is 4.74 Å². The molecule has 0 saturated heterocycles. The molecule has 164 valence electrons. The first-order chi connectivity index (χ1) is 16.0. The molecule has 0 unspecified atom stereocenters. The second-order valence-electron chi connectivity index (χ2n) is 7.78. The van der Waals surface area contributed by atoms with Crippen LogP contribution >= 0.6 is 15.9 Å². The van der Waals surface area contributed by atoms with Crippen molar-refractivity contribution in [2.75, 3.05) is 0 Å². The van der Waals surface area contributed by atoms with Gasteiger partial charge in [0.05, 0.1) is 28.8 Å². The normalized spacial score (nSPS) is 11.2. The number of hydrogen-bond donors (Lipinski definition) is 0. The molecular formula is C26H21BrN4O2. The summed E-state index contributed by atoms with van der Waals surface area (Å²) < 4.78 is 8.05. The third kappa shape index (κ3) is 5.02. The molecule has 0 aliphatic rings. The van der Waals surface area contributed by atoms with Crippen LogP contribution in [0.3, 0.4) is 0 Å². The zero-order valence-corrected chi connectivity index (χ0v) is 19.8. The van der Waals surface area contributed by atoms with Gasteiger partial charge < -0.3 is 4.74 Å². The number of ether oxygens (including phenoxy) is 1. The van der Waals surface area contributed by atoms with Gasteiger partial charge in [0.25, 0.3) is 5.56 Å². The van der Waals surface area contributed by atoms with Gasteiger partial charge in [-0.05, 0) is 42.0 Å². The van der Waals surface area contributed by atoms with Gasteiger partial charge in [-0.2, -0.15) is 15.0 Å². The number of aromatic nitrogens is 2. The van der Waals surface area contributed by atoms with Gasteiger partial charge >= 0.3 is 0 Å². The van der Waals surface area contributed by atoms with Crippen LogP contribution in [0.15, 0.2) is 81.1 Å². The van der Waals surface area contributed by atoms with E-state index in [1.807, 2.05) is 68.4 Å². The van der Waals surface area contributed by atoms with Crippen LogP contribution in [0.5, 0.6) is 5.75 Å². The highest BCUT2D eigenvalue weighted by Gasteiger charge is 2.13. The molecule has 0 N–H and O–H groups in total. The minimum Gasteiger partial charge on any atom is -0.489 e. The average molecular weight is 501 g/mol. The number of rotatable bonds is 6. The van der Waals surface area contributed by atoms with Gasteiger partial charge in [-0.3, -0.25) is 4.79 Å². The molecule has 0 aliphatic carbocycles. The number of nitriles is 1. The van der Waals surface area contributed by atoms with Crippen molar-refractivity contribution >= 4 is 33.0 Å². The first-order valence-corrected chi connectivity index (χ1v) is 11.2. The Balaban J connectivity index is 1.63. The Kier molecular flexibility index (Phi) is 6.66. The maximum Gasteiger partial charge on any atom is 0.282 e. The van der Waals surface area contributed by atoms with Crippen molar-refractivity contribution < 1.29 is 4.74 Å². The van der Waals surface area contributed by atoms with E-state index in [1.165, 1.54) is 4.68 Å². The fraction of sp³-hybridized carbons (Fsp3) is 0.154. The zero-order valence-electron chi connectivity index (χ0n) is 18.2. The SMILES string of the molecule is CC(C)c1nc2ccc(Br)cc2c(=O)n1N=Cc1cccc(OCc2ccccc2C#N)c1. The van der Waals surface area contributed by atoms with E-state index in [2.05, 4.69) is 32.1 Å². The minimum absolute atomic E-state index is 0.0118. The molecule has 1 aromatic heterocycles. The molecule has 6 nitrogen and oxygen atoms in total. The predicted octanol–water partition coefficient (Wildman–Crippen LogP) is 5.62. The molecule has 0 fully saturated rings. The third-order valence-corrected chi connectivity index (χ3v) is 5.56. The Labute approximate surface area is 199 Å². The maximum absolute atomic E-state index is 13.2. The Morgan fingerprint density at radius 1 is 1.15 bits per heavy atom. The Morgan fingerprint density at radius 2 is 1.97 bits per heavy atom. The van der Waals surface area contributed by atoms with Crippen molar-refractivity contribution in [2.45, 2.75) is 26.4 Å². The largest absolute Gasteiger partial charge is 0.489 e. The van der Waals surface area contributed by atoms with Crippen molar-refractivity contribution in [1.29, 1.82) is 5.26 Å². The van der Waals surface area contributed by atoms with Crippen molar-refractivity contribution in [3.8, 4) is 11.8 Å². The third-order valence-electron chi connectivity index (χ3n) is 5.06. The number of benzene rings is 3. The van der Waals surface area contributed by atoms with Crippen LogP contribution in [0.4, 0.5) is 0 Å². The van der Waals surface area contributed by atoms with Gasteiger partial charge in [-0.25, -0.2) is 4.98 Å². The molecule has 33 heavy (non-hydrogen) atoms. The Morgan fingerprint density at radius 3 is 2.76 bits per heavy atom. The van der Waals surface area contributed by atoms with Crippen LogP contribution in [0.2, 0.25) is 0 Å². The summed E-state index contributed by atoms with van der Waals surface area (Å²) in [5.74, 6) is 1.24. The molecule has 0 atom stereocenters. The summed E-state index contributed by atoms with van der Waals surface area (Å²) in [5.41, 5.74) is 2.61. The summed E-state index contributed by atoms with van der Waals surface area (Å²) in [5, 5.41) is 14.2. The molecule has 4 aromatic rings. The quantitative estimate of drug-likeness (QED) is 0.322. The highest BCUT2D eigenvalue weighted by molar-refractivity contribution is 9.10. The minimum atomic E-state index is -0.221. The molecule has 0 saturated carbocycles. The molecule has 4 rings (SSSR count). The van der Waals surface area contributed by atoms with Crippen LogP contribution in [0.1, 0.15) is 42.3 Å². The summed E-state index contributed by atoms with van der Waals surface area (Å²) in [7, 11) is 0. The molecule has 3 aromatic carbocycles. The second kappa shape index (κ2) is 9.80. The lowest BCUT2D eigenvalue weighted by Gasteiger charge is -2.12. The summed E-state index contributed by atoms with van der Waals surface area (Å²) >= 11 is 3.42. The second-order valence-corrected chi connectivity index (χ2v) is 8.69. The predicted molar refractivity (Wildman–Crippen MR) is 133 cm³/mol.